The summed E-state index contributed by atoms with van der Waals surface area (Å²) in [6.07, 6.45) is 2.16. The van der Waals surface area contributed by atoms with Gasteiger partial charge in [0.25, 0.3) is 18.2 Å². The minimum Gasteiger partial charge on any atom is -0.366 e. The summed E-state index contributed by atoms with van der Waals surface area (Å²) in [5, 5.41) is 3.64. The maximum absolute atomic E-state index is 12.8. The Morgan fingerprint density at radius 3 is 2.38 bits per heavy atom. The Morgan fingerprint density at radius 2 is 1.70 bits per heavy atom. The molecule has 0 aliphatic heterocycles. The SMILES string of the molecule is Cc1c(NC(=O)c2ccc(C(F)F)cc2)cccc1-c1ccc(C(N)=O)c2[nH]c(-c3cncnc3)cc12. The molecule has 184 valence electrons. The van der Waals surface area contributed by atoms with Gasteiger partial charge in [0.05, 0.1) is 11.1 Å². The number of nitrogens with zero attached hydrogens (tertiary/aromatic N) is 2. The smallest absolute Gasteiger partial charge is 0.263 e. The number of alkyl halides is 2. The quantitative estimate of drug-likeness (QED) is 0.271. The van der Waals surface area contributed by atoms with E-state index in [0.29, 0.717) is 16.8 Å². The van der Waals surface area contributed by atoms with E-state index in [1.165, 1.54) is 30.6 Å². The largest absolute Gasteiger partial charge is 0.366 e. The molecule has 0 atom stereocenters. The maximum Gasteiger partial charge on any atom is 0.263 e. The first-order chi connectivity index (χ1) is 17.8. The first-order valence-electron chi connectivity index (χ1n) is 11.3. The molecule has 0 saturated heterocycles. The second kappa shape index (κ2) is 9.62. The first kappa shape index (κ1) is 23.8. The monoisotopic (exact) mass is 497 g/mol. The van der Waals surface area contributed by atoms with Crippen LogP contribution in [0, 0.1) is 6.92 Å². The van der Waals surface area contributed by atoms with Gasteiger partial charge in [-0.15, -0.1) is 0 Å². The maximum atomic E-state index is 12.8. The lowest BCUT2D eigenvalue weighted by atomic mass is 9.94. The van der Waals surface area contributed by atoms with E-state index >= 15 is 0 Å². The third-order valence-corrected chi connectivity index (χ3v) is 6.23. The van der Waals surface area contributed by atoms with Gasteiger partial charge in [-0.05, 0) is 53.9 Å². The van der Waals surface area contributed by atoms with E-state index in [0.717, 1.165) is 33.3 Å². The van der Waals surface area contributed by atoms with Gasteiger partial charge >= 0.3 is 0 Å². The molecule has 2 amide bonds. The summed E-state index contributed by atoms with van der Waals surface area (Å²) in [5.74, 6) is -0.979. The summed E-state index contributed by atoms with van der Waals surface area (Å²) in [4.78, 5) is 36.3. The van der Waals surface area contributed by atoms with Gasteiger partial charge < -0.3 is 16.0 Å². The average Bonchev–Trinajstić information content (AvgIpc) is 3.35. The summed E-state index contributed by atoms with van der Waals surface area (Å²) >= 11 is 0. The number of nitrogens with two attached hydrogens (primary N) is 1. The number of amides is 2. The standard InChI is InChI=1S/C28H21F2N5O2/c1-15-19(3-2-4-23(15)35-28(37)17-7-5-16(6-8-17)26(29)30)20-9-10-21(27(31)36)25-22(20)11-24(34-25)18-12-32-14-33-13-18/h2-14,26,34H,1H3,(H2,31,36)(H,35,37). The van der Waals surface area contributed by atoms with E-state index < -0.39 is 18.2 Å². The van der Waals surface area contributed by atoms with Gasteiger partial charge in [0.2, 0.25) is 0 Å². The molecule has 5 rings (SSSR count). The minimum absolute atomic E-state index is 0.147. The van der Waals surface area contributed by atoms with Crippen LogP contribution in [0.2, 0.25) is 0 Å². The topological polar surface area (TPSA) is 114 Å². The van der Waals surface area contributed by atoms with Crippen molar-refractivity contribution in [1.29, 1.82) is 0 Å². The molecule has 3 aromatic carbocycles. The number of halogens is 2. The number of hydrogen-bond acceptors (Lipinski definition) is 4. The molecule has 0 aliphatic carbocycles. The van der Waals surface area contributed by atoms with Crippen LogP contribution in [0.3, 0.4) is 0 Å². The number of rotatable bonds is 6. The van der Waals surface area contributed by atoms with Gasteiger partial charge in [0, 0.05) is 45.9 Å². The third kappa shape index (κ3) is 4.54. The molecule has 0 radical (unpaired) electrons. The van der Waals surface area contributed by atoms with E-state index in [1.807, 2.05) is 31.2 Å². The molecule has 2 aromatic heterocycles. The number of carbonyl (C=O) groups is 2. The van der Waals surface area contributed by atoms with Gasteiger partial charge in [-0.25, -0.2) is 18.7 Å². The van der Waals surface area contributed by atoms with E-state index in [-0.39, 0.29) is 11.1 Å². The molecule has 0 fully saturated rings. The van der Waals surface area contributed by atoms with Crippen LogP contribution in [0.4, 0.5) is 14.5 Å². The summed E-state index contributed by atoms with van der Waals surface area (Å²) in [6.45, 7) is 1.87. The van der Waals surface area contributed by atoms with Gasteiger partial charge in [0.15, 0.2) is 0 Å². The lowest BCUT2D eigenvalue weighted by Crippen LogP contribution is -2.13. The fraction of sp³-hybridized carbons (Fsp3) is 0.0714. The van der Waals surface area contributed by atoms with Crippen molar-refractivity contribution in [3.8, 4) is 22.4 Å². The Hall–Kier alpha value is -4.92. The number of nitrogens with one attached hydrogen (secondary N) is 2. The third-order valence-electron chi connectivity index (χ3n) is 6.23. The van der Waals surface area contributed by atoms with Crippen LogP contribution in [-0.2, 0) is 0 Å². The Labute approximate surface area is 210 Å². The normalized spacial score (nSPS) is 11.1. The minimum atomic E-state index is -2.60. The van der Waals surface area contributed by atoms with Gasteiger partial charge in [-0.1, -0.05) is 30.3 Å². The van der Waals surface area contributed by atoms with Crippen molar-refractivity contribution >= 4 is 28.4 Å². The molecule has 0 unspecified atom stereocenters. The highest BCUT2D eigenvalue weighted by Gasteiger charge is 2.18. The number of benzene rings is 3. The number of aromatic amines is 1. The fourth-order valence-electron chi connectivity index (χ4n) is 4.29. The molecule has 7 nitrogen and oxygen atoms in total. The van der Waals surface area contributed by atoms with E-state index in [2.05, 4.69) is 20.3 Å². The zero-order valence-corrected chi connectivity index (χ0v) is 19.6. The number of carbonyl (C=O) groups excluding carboxylic acids is 2. The highest BCUT2D eigenvalue weighted by molar-refractivity contribution is 6.11. The Balaban J connectivity index is 1.56. The molecule has 5 aromatic rings. The molecule has 37 heavy (non-hydrogen) atoms. The molecule has 0 aliphatic rings. The van der Waals surface area contributed by atoms with E-state index in [4.69, 9.17) is 5.73 Å². The Morgan fingerprint density at radius 1 is 0.973 bits per heavy atom. The molecule has 0 saturated carbocycles. The summed E-state index contributed by atoms with van der Waals surface area (Å²) < 4.78 is 25.7. The van der Waals surface area contributed by atoms with Crippen molar-refractivity contribution in [3.63, 3.8) is 0 Å². The molecular formula is C28H21F2N5O2. The summed E-state index contributed by atoms with van der Waals surface area (Å²) in [6, 6.07) is 16.1. The van der Waals surface area contributed by atoms with E-state index in [9.17, 15) is 18.4 Å². The van der Waals surface area contributed by atoms with Gasteiger partial charge in [-0.3, -0.25) is 9.59 Å². The van der Waals surface area contributed by atoms with Crippen LogP contribution in [0.15, 0.2) is 79.4 Å². The van der Waals surface area contributed by atoms with Crippen LogP contribution in [0.25, 0.3) is 33.3 Å². The van der Waals surface area contributed by atoms with Gasteiger partial charge in [0.1, 0.15) is 6.33 Å². The lowest BCUT2D eigenvalue weighted by molar-refractivity contribution is 0.0999. The average molecular weight is 498 g/mol. The van der Waals surface area contributed by atoms with Crippen LogP contribution < -0.4 is 11.1 Å². The van der Waals surface area contributed by atoms with Crippen LogP contribution >= 0.6 is 0 Å². The number of anilines is 1. The summed E-state index contributed by atoms with van der Waals surface area (Å²) in [5.41, 5.74) is 11.2. The number of fused-ring (bicyclic) bond motifs is 1. The predicted molar refractivity (Wildman–Crippen MR) is 137 cm³/mol. The van der Waals surface area contributed by atoms with Crippen molar-refractivity contribution in [2.75, 3.05) is 5.32 Å². The zero-order chi connectivity index (χ0) is 26.1. The van der Waals surface area contributed by atoms with Crippen molar-refractivity contribution in [2.45, 2.75) is 13.3 Å². The van der Waals surface area contributed by atoms with Gasteiger partial charge in [-0.2, -0.15) is 0 Å². The summed E-state index contributed by atoms with van der Waals surface area (Å²) in [7, 11) is 0. The molecule has 9 heteroatoms. The Kier molecular flexibility index (Phi) is 6.19. The van der Waals surface area contributed by atoms with Crippen LogP contribution in [0.1, 0.15) is 38.3 Å². The number of H-pyrrole nitrogens is 1. The molecule has 4 N–H and O–H groups in total. The van der Waals surface area contributed by atoms with Crippen molar-refractivity contribution in [1.82, 2.24) is 15.0 Å². The van der Waals surface area contributed by atoms with Crippen LogP contribution in [-0.4, -0.2) is 26.8 Å². The molecule has 2 heterocycles. The van der Waals surface area contributed by atoms with Crippen molar-refractivity contribution < 1.29 is 18.4 Å². The molecule has 0 spiro atoms. The highest BCUT2D eigenvalue weighted by atomic mass is 19.3. The van der Waals surface area contributed by atoms with Crippen LogP contribution in [0.5, 0.6) is 0 Å². The number of hydrogen-bond donors (Lipinski definition) is 3. The number of primary amides is 1. The molecular weight excluding hydrogens is 476 g/mol. The second-order valence-electron chi connectivity index (χ2n) is 8.48. The molecule has 0 bridgehead atoms. The van der Waals surface area contributed by atoms with E-state index in [1.54, 1.807) is 24.5 Å². The zero-order valence-electron chi connectivity index (χ0n) is 19.6. The fourth-order valence-corrected chi connectivity index (χ4v) is 4.29. The second-order valence-corrected chi connectivity index (χ2v) is 8.48. The first-order valence-corrected chi connectivity index (χ1v) is 11.3. The van der Waals surface area contributed by atoms with Crippen molar-refractivity contribution in [2.24, 2.45) is 5.73 Å². The predicted octanol–water partition coefficient (Wildman–Crippen LogP) is 5.89. The lowest BCUT2D eigenvalue weighted by Gasteiger charge is -2.14. The highest BCUT2D eigenvalue weighted by Crippen LogP contribution is 2.37. The Bertz CT molecular complexity index is 1630. The number of aromatic nitrogens is 3. The van der Waals surface area contributed by atoms with Crippen molar-refractivity contribution in [3.05, 3.63) is 102 Å².